The molecule has 1 spiro atoms. The van der Waals surface area contributed by atoms with Gasteiger partial charge in [-0.25, -0.2) is 0 Å². The highest BCUT2D eigenvalue weighted by atomic mass is 16.2. The van der Waals surface area contributed by atoms with E-state index in [0.717, 1.165) is 57.7 Å². The molecule has 0 aromatic heterocycles. The number of amides is 2. The molecule has 1 unspecified atom stereocenters. The second kappa shape index (κ2) is 7.13. The summed E-state index contributed by atoms with van der Waals surface area (Å²) in [5, 5.41) is 0. The summed E-state index contributed by atoms with van der Waals surface area (Å²) >= 11 is 0. The number of allylic oxidation sites excluding steroid dienone is 1. The van der Waals surface area contributed by atoms with E-state index in [9.17, 15) is 9.59 Å². The number of hydrogen-bond donors (Lipinski definition) is 0. The van der Waals surface area contributed by atoms with Gasteiger partial charge in [-0.2, -0.15) is 0 Å². The summed E-state index contributed by atoms with van der Waals surface area (Å²) in [6, 6.07) is 0. The lowest BCUT2D eigenvalue weighted by Gasteiger charge is -2.42. The summed E-state index contributed by atoms with van der Waals surface area (Å²) in [6.45, 7) is 3.33. The van der Waals surface area contributed by atoms with Crippen molar-refractivity contribution < 1.29 is 9.59 Å². The van der Waals surface area contributed by atoms with Crippen LogP contribution in [0.4, 0.5) is 0 Å². The van der Waals surface area contributed by atoms with E-state index in [1.807, 2.05) is 4.90 Å². The average molecular weight is 344 g/mol. The molecular formula is C21H32N2O2. The molecule has 25 heavy (non-hydrogen) atoms. The van der Waals surface area contributed by atoms with Crippen LogP contribution in [-0.4, -0.2) is 47.8 Å². The van der Waals surface area contributed by atoms with Crippen molar-refractivity contribution in [2.75, 3.05) is 26.2 Å². The number of likely N-dealkylation sites (tertiary alicyclic amines) is 2. The van der Waals surface area contributed by atoms with E-state index >= 15 is 0 Å². The molecule has 2 heterocycles. The molecule has 4 heteroatoms. The maximum atomic E-state index is 13.2. The van der Waals surface area contributed by atoms with Crippen LogP contribution in [0.3, 0.4) is 0 Å². The molecule has 0 bridgehead atoms. The van der Waals surface area contributed by atoms with E-state index in [0.29, 0.717) is 18.9 Å². The number of nitrogens with zero attached hydrogens (tertiary/aromatic N) is 2. The first-order valence-electron chi connectivity index (χ1n) is 10.4. The van der Waals surface area contributed by atoms with E-state index in [1.165, 1.54) is 37.7 Å². The van der Waals surface area contributed by atoms with Gasteiger partial charge >= 0.3 is 0 Å². The van der Waals surface area contributed by atoms with E-state index < -0.39 is 0 Å². The van der Waals surface area contributed by atoms with Crippen LogP contribution in [0, 0.1) is 11.3 Å². The number of hydrogen-bond acceptors (Lipinski definition) is 2. The quantitative estimate of drug-likeness (QED) is 0.732. The molecule has 2 saturated heterocycles. The minimum absolute atomic E-state index is 0.244. The Hall–Kier alpha value is -1.32. The summed E-state index contributed by atoms with van der Waals surface area (Å²) in [5.41, 5.74) is 1.05. The lowest BCUT2D eigenvalue weighted by molar-refractivity contribution is -0.147. The van der Waals surface area contributed by atoms with Crippen molar-refractivity contribution in [3.63, 3.8) is 0 Å². The lowest BCUT2D eigenvalue weighted by atomic mass is 9.77. The molecule has 3 fully saturated rings. The van der Waals surface area contributed by atoms with Crippen LogP contribution in [0.25, 0.3) is 0 Å². The van der Waals surface area contributed by atoms with Crippen molar-refractivity contribution in [1.29, 1.82) is 0 Å². The molecule has 0 radical (unpaired) electrons. The molecular weight excluding hydrogens is 312 g/mol. The number of rotatable bonds is 4. The van der Waals surface area contributed by atoms with Crippen molar-refractivity contribution in [2.24, 2.45) is 11.3 Å². The Labute approximate surface area is 151 Å². The molecule has 2 aliphatic carbocycles. The average Bonchev–Trinajstić information content (AvgIpc) is 3.01. The van der Waals surface area contributed by atoms with Gasteiger partial charge in [-0.15, -0.1) is 0 Å². The summed E-state index contributed by atoms with van der Waals surface area (Å²) in [4.78, 5) is 30.0. The predicted octanol–water partition coefficient (Wildman–Crippen LogP) is 3.52. The summed E-state index contributed by atoms with van der Waals surface area (Å²) in [5.74, 6) is 1.32. The second-order valence-electron chi connectivity index (χ2n) is 8.78. The molecule has 2 aliphatic heterocycles. The monoisotopic (exact) mass is 344 g/mol. The highest BCUT2D eigenvalue weighted by molar-refractivity contribution is 5.86. The molecule has 0 N–H and O–H groups in total. The van der Waals surface area contributed by atoms with Gasteiger partial charge in [0.15, 0.2) is 0 Å². The molecule has 4 rings (SSSR count). The van der Waals surface area contributed by atoms with Gasteiger partial charge in [0, 0.05) is 32.6 Å². The Bertz CT molecular complexity index is 566. The van der Waals surface area contributed by atoms with Crippen LogP contribution < -0.4 is 0 Å². The third-order valence-electron chi connectivity index (χ3n) is 7.00. The van der Waals surface area contributed by atoms with E-state index in [1.54, 1.807) is 0 Å². The van der Waals surface area contributed by atoms with Crippen LogP contribution in [0.1, 0.15) is 70.6 Å². The normalized spacial score (nSPS) is 30.6. The first-order chi connectivity index (χ1) is 12.2. The van der Waals surface area contributed by atoms with Gasteiger partial charge in [0.25, 0.3) is 0 Å². The molecule has 2 amide bonds. The Morgan fingerprint density at radius 1 is 1.12 bits per heavy atom. The fourth-order valence-electron chi connectivity index (χ4n) is 5.15. The van der Waals surface area contributed by atoms with Crippen molar-refractivity contribution in [1.82, 2.24) is 9.80 Å². The minimum atomic E-state index is -0.265. The van der Waals surface area contributed by atoms with Crippen LogP contribution in [0.2, 0.25) is 0 Å². The van der Waals surface area contributed by atoms with Crippen molar-refractivity contribution in [2.45, 2.75) is 70.6 Å². The molecule has 4 nitrogen and oxygen atoms in total. The van der Waals surface area contributed by atoms with Crippen molar-refractivity contribution in [3.8, 4) is 0 Å². The standard InChI is InChI=1S/C21H32N2O2/c24-19(14-17-6-2-1-3-7-17)23-13-11-21(16-23)10-5-12-22(20(21)25)15-18-8-4-9-18/h6,18H,1-5,7-16H2. The number of piperidine rings is 1. The Morgan fingerprint density at radius 2 is 2.00 bits per heavy atom. The van der Waals surface area contributed by atoms with Gasteiger partial charge < -0.3 is 9.80 Å². The van der Waals surface area contributed by atoms with Crippen LogP contribution in [0.5, 0.6) is 0 Å². The third kappa shape index (κ3) is 3.50. The predicted molar refractivity (Wildman–Crippen MR) is 98.0 cm³/mol. The van der Waals surface area contributed by atoms with E-state index in [4.69, 9.17) is 0 Å². The van der Waals surface area contributed by atoms with Crippen molar-refractivity contribution in [3.05, 3.63) is 11.6 Å². The SMILES string of the molecule is O=C(CC1=CCCCC1)N1CCC2(CCCN(CC3CCC3)C2=O)C1. The van der Waals surface area contributed by atoms with Crippen LogP contribution >= 0.6 is 0 Å². The van der Waals surface area contributed by atoms with Gasteiger partial charge in [-0.3, -0.25) is 9.59 Å². The van der Waals surface area contributed by atoms with Gasteiger partial charge in [0.05, 0.1) is 5.41 Å². The first kappa shape index (κ1) is 17.1. The Balaban J connectivity index is 1.37. The van der Waals surface area contributed by atoms with Gasteiger partial charge in [-0.1, -0.05) is 18.1 Å². The van der Waals surface area contributed by atoms with E-state index in [-0.39, 0.29) is 11.3 Å². The molecule has 138 valence electrons. The topological polar surface area (TPSA) is 40.6 Å². The molecule has 0 aromatic carbocycles. The van der Waals surface area contributed by atoms with Gasteiger partial charge in [0.2, 0.25) is 11.8 Å². The van der Waals surface area contributed by atoms with E-state index in [2.05, 4.69) is 11.0 Å². The highest BCUT2D eigenvalue weighted by Gasteiger charge is 2.49. The minimum Gasteiger partial charge on any atom is -0.342 e. The summed E-state index contributed by atoms with van der Waals surface area (Å²) < 4.78 is 0. The molecule has 1 saturated carbocycles. The van der Waals surface area contributed by atoms with Gasteiger partial charge in [-0.05, 0) is 63.7 Å². The summed E-state index contributed by atoms with van der Waals surface area (Å²) in [7, 11) is 0. The smallest absolute Gasteiger partial charge is 0.230 e. The zero-order valence-electron chi connectivity index (χ0n) is 15.5. The largest absolute Gasteiger partial charge is 0.342 e. The zero-order valence-corrected chi connectivity index (χ0v) is 15.5. The fraction of sp³-hybridized carbons (Fsp3) is 0.810. The second-order valence-corrected chi connectivity index (χ2v) is 8.78. The number of carbonyl (C=O) groups is 2. The third-order valence-corrected chi connectivity index (χ3v) is 7.00. The maximum absolute atomic E-state index is 13.2. The molecule has 0 aromatic rings. The number of carbonyl (C=O) groups excluding carboxylic acids is 2. The Morgan fingerprint density at radius 3 is 2.72 bits per heavy atom. The highest BCUT2D eigenvalue weighted by Crippen LogP contribution is 2.41. The zero-order chi connectivity index (χ0) is 17.3. The van der Waals surface area contributed by atoms with Crippen LogP contribution in [0.15, 0.2) is 11.6 Å². The molecule has 4 aliphatic rings. The molecule has 1 atom stereocenters. The van der Waals surface area contributed by atoms with Crippen molar-refractivity contribution >= 4 is 11.8 Å². The van der Waals surface area contributed by atoms with Gasteiger partial charge in [0.1, 0.15) is 0 Å². The Kier molecular flexibility index (Phi) is 4.88. The van der Waals surface area contributed by atoms with Crippen LogP contribution in [-0.2, 0) is 9.59 Å². The fourth-order valence-corrected chi connectivity index (χ4v) is 5.15. The summed E-state index contributed by atoms with van der Waals surface area (Å²) in [6.07, 6.45) is 14.4. The lowest BCUT2D eigenvalue weighted by Crippen LogP contribution is -2.52. The maximum Gasteiger partial charge on any atom is 0.230 e. The first-order valence-corrected chi connectivity index (χ1v) is 10.4.